The highest BCUT2D eigenvalue weighted by atomic mass is 35.5. The van der Waals surface area contributed by atoms with E-state index in [1.807, 2.05) is 0 Å². The van der Waals surface area contributed by atoms with Crippen LogP contribution in [-0.2, 0) is 6.54 Å². The maximum Gasteiger partial charge on any atom is 0.319 e. The van der Waals surface area contributed by atoms with Gasteiger partial charge >= 0.3 is 12.3 Å². The molecular weight excluding hydrogens is 284 g/mol. The maximum absolute atomic E-state index is 12.7. The number of nitrogens with one attached hydrogen (secondary N) is 2. The lowest BCUT2D eigenvalue weighted by Crippen LogP contribution is -2.38. The van der Waals surface area contributed by atoms with Crippen molar-refractivity contribution < 1.29 is 17.6 Å². The van der Waals surface area contributed by atoms with Gasteiger partial charge < -0.3 is 10.3 Å². The third-order valence-electron chi connectivity index (χ3n) is 2.70. The molecule has 1 aromatic carbocycles. The van der Waals surface area contributed by atoms with Gasteiger partial charge in [-0.3, -0.25) is 0 Å². The molecule has 19 heavy (non-hydrogen) atoms. The number of para-hydroxylation sites is 1. The van der Waals surface area contributed by atoms with E-state index in [4.69, 9.17) is 11.6 Å². The second-order valence-electron chi connectivity index (χ2n) is 4.13. The second kappa shape index (κ2) is 5.38. The van der Waals surface area contributed by atoms with Crippen LogP contribution in [0.25, 0.3) is 10.9 Å². The second-order valence-corrected chi connectivity index (χ2v) is 4.51. The Morgan fingerprint density at radius 1 is 1.26 bits per heavy atom. The zero-order valence-corrected chi connectivity index (χ0v) is 10.4. The lowest BCUT2D eigenvalue weighted by atomic mass is 10.2. The van der Waals surface area contributed by atoms with Crippen LogP contribution in [0.1, 0.15) is 5.69 Å². The van der Waals surface area contributed by atoms with Gasteiger partial charge in [0.15, 0.2) is 0 Å². The number of alkyl halides is 4. The molecule has 0 radical (unpaired) electrons. The summed E-state index contributed by atoms with van der Waals surface area (Å²) >= 11 is 6.06. The molecule has 0 unspecified atom stereocenters. The summed E-state index contributed by atoms with van der Waals surface area (Å²) in [6, 6.07) is 7.17. The lowest BCUT2D eigenvalue weighted by molar-refractivity contribution is -0.125. The number of aromatic amines is 1. The summed E-state index contributed by atoms with van der Waals surface area (Å²) < 4.78 is 49.3. The van der Waals surface area contributed by atoms with Crippen molar-refractivity contribution in [2.75, 3.05) is 6.54 Å². The molecule has 2 rings (SSSR count). The van der Waals surface area contributed by atoms with Gasteiger partial charge in [-0.2, -0.15) is 8.78 Å². The summed E-state index contributed by atoms with van der Waals surface area (Å²) in [6.45, 7) is -1.13. The Morgan fingerprint density at radius 3 is 2.58 bits per heavy atom. The number of aromatic nitrogens is 1. The van der Waals surface area contributed by atoms with Crippen molar-refractivity contribution in [2.45, 2.75) is 18.9 Å². The number of benzene rings is 1. The van der Waals surface area contributed by atoms with Crippen molar-refractivity contribution >= 4 is 22.5 Å². The van der Waals surface area contributed by atoms with Crippen molar-refractivity contribution in [3.05, 3.63) is 35.0 Å². The van der Waals surface area contributed by atoms with Gasteiger partial charge in [0.25, 0.3) is 0 Å². The molecule has 2 nitrogen and oxygen atoms in total. The number of H-pyrrole nitrogens is 1. The van der Waals surface area contributed by atoms with Crippen molar-refractivity contribution in [2.24, 2.45) is 0 Å². The van der Waals surface area contributed by atoms with Crippen LogP contribution < -0.4 is 5.32 Å². The van der Waals surface area contributed by atoms with Gasteiger partial charge in [-0.15, -0.1) is 0 Å². The molecule has 0 saturated carbocycles. The Kier molecular flexibility index (Phi) is 4.01. The van der Waals surface area contributed by atoms with Gasteiger partial charge in [-0.05, 0) is 6.07 Å². The number of hydrogen-bond donors (Lipinski definition) is 2. The Bertz CT molecular complexity index is 568. The van der Waals surface area contributed by atoms with E-state index in [2.05, 4.69) is 10.3 Å². The highest BCUT2D eigenvalue weighted by Gasteiger charge is 2.40. The number of rotatable bonds is 5. The molecule has 0 aliphatic heterocycles. The SMILES string of the molecule is FC(F)C(F)(F)CNCc1[nH]c2ccccc2c1Cl. The largest absolute Gasteiger partial charge is 0.356 e. The third kappa shape index (κ3) is 3.01. The van der Waals surface area contributed by atoms with E-state index in [9.17, 15) is 17.6 Å². The molecule has 2 aromatic rings. The molecule has 1 aromatic heterocycles. The zero-order chi connectivity index (χ0) is 14.0. The Morgan fingerprint density at radius 2 is 1.95 bits per heavy atom. The van der Waals surface area contributed by atoms with Crippen molar-refractivity contribution in [3.8, 4) is 0 Å². The molecule has 0 aliphatic rings. The summed E-state index contributed by atoms with van der Waals surface area (Å²) in [6.07, 6.45) is -3.68. The molecule has 0 saturated heterocycles. The van der Waals surface area contributed by atoms with Gasteiger partial charge in [-0.1, -0.05) is 29.8 Å². The van der Waals surface area contributed by atoms with Crippen molar-refractivity contribution in [1.29, 1.82) is 0 Å². The number of fused-ring (bicyclic) bond motifs is 1. The topological polar surface area (TPSA) is 27.8 Å². The van der Waals surface area contributed by atoms with E-state index in [0.29, 0.717) is 10.7 Å². The molecule has 0 fully saturated rings. The van der Waals surface area contributed by atoms with Gasteiger partial charge in [0.2, 0.25) is 0 Å². The molecule has 0 bridgehead atoms. The average Bonchev–Trinajstić information content (AvgIpc) is 2.67. The van der Waals surface area contributed by atoms with E-state index >= 15 is 0 Å². The minimum absolute atomic E-state index is 0.0319. The predicted molar refractivity (Wildman–Crippen MR) is 66.0 cm³/mol. The van der Waals surface area contributed by atoms with Gasteiger partial charge in [0, 0.05) is 23.1 Å². The van der Waals surface area contributed by atoms with Crippen LogP contribution in [0.3, 0.4) is 0 Å². The van der Waals surface area contributed by atoms with E-state index in [1.54, 1.807) is 24.3 Å². The minimum Gasteiger partial charge on any atom is -0.356 e. The maximum atomic E-state index is 12.7. The predicted octanol–water partition coefficient (Wildman–Crippen LogP) is 3.81. The van der Waals surface area contributed by atoms with Crippen LogP contribution in [0.5, 0.6) is 0 Å². The van der Waals surface area contributed by atoms with Gasteiger partial charge in [-0.25, -0.2) is 8.78 Å². The van der Waals surface area contributed by atoms with Crippen LogP contribution in [0.4, 0.5) is 17.6 Å². The van der Waals surface area contributed by atoms with E-state index in [-0.39, 0.29) is 6.54 Å². The van der Waals surface area contributed by atoms with Crippen LogP contribution in [-0.4, -0.2) is 23.9 Å². The molecule has 0 aliphatic carbocycles. The van der Waals surface area contributed by atoms with E-state index in [1.165, 1.54) is 0 Å². The van der Waals surface area contributed by atoms with Gasteiger partial charge in [0.1, 0.15) is 0 Å². The van der Waals surface area contributed by atoms with E-state index in [0.717, 1.165) is 10.9 Å². The normalized spacial score (nSPS) is 12.5. The molecule has 0 spiro atoms. The highest BCUT2D eigenvalue weighted by molar-refractivity contribution is 6.36. The Balaban J connectivity index is 2.04. The quantitative estimate of drug-likeness (QED) is 0.806. The standard InChI is InChI=1S/C12H11ClF4N2/c13-10-7-3-1-2-4-8(7)19-9(10)5-18-6-12(16,17)11(14)15/h1-4,11,18-19H,5-6H2. The zero-order valence-electron chi connectivity index (χ0n) is 9.69. The lowest BCUT2D eigenvalue weighted by Gasteiger charge is -2.15. The average molecular weight is 295 g/mol. The fraction of sp³-hybridized carbons (Fsp3) is 0.333. The number of halogens is 5. The smallest absolute Gasteiger partial charge is 0.319 e. The summed E-state index contributed by atoms with van der Waals surface area (Å²) in [5.74, 6) is -4.04. The Hall–Kier alpha value is -1.27. The molecule has 0 amide bonds. The van der Waals surface area contributed by atoms with Crippen LogP contribution >= 0.6 is 11.6 Å². The third-order valence-corrected chi connectivity index (χ3v) is 3.13. The molecule has 1 heterocycles. The molecule has 104 valence electrons. The first kappa shape index (κ1) is 14.1. The first-order valence-electron chi connectivity index (χ1n) is 5.53. The van der Waals surface area contributed by atoms with Gasteiger partial charge in [0.05, 0.1) is 11.6 Å². The first-order valence-corrected chi connectivity index (χ1v) is 5.91. The number of hydrogen-bond acceptors (Lipinski definition) is 1. The van der Waals surface area contributed by atoms with Crippen LogP contribution in [0.2, 0.25) is 5.02 Å². The summed E-state index contributed by atoms with van der Waals surface area (Å²) in [5.41, 5.74) is 1.26. The summed E-state index contributed by atoms with van der Waals surface area (Å²) in [7, 11) is 0. The first-order chi connectivity index (χ1) is 8.92. The fourth-order valence-corrected chi connectivity index (χ4v) is 2.00. The molecule has 0 atom stereocenters. The molecular formula is C12H11ClF4N2. The van der Waals surface area contributed by atoms with Crippen molar-refractivity contribution in [3.63, 3.8) is 0 Å². The molecule has 2 N–H and O–H groups in total. The van der Waals surface area contributed by atoms with Crippen LogP contribution in [0.15, 0.2) is 24.3 Å². The van der Waals surface area contributed by atoms with Crippen LogP contribution in [0, 0.1) is 0 Å². The monoisotopic (exact) mass is 294 g/mol. The fourth-order valence-electron chi connectivity index (χ4n) is 1.72. The minimum atomic E-state index is -4.04. The highest BCUT2D eigenvalue weighted by Crippen LogP contribution is 2.27. The molecule has 7 heteroatoms. The van der Waals surface area contributed by atoms with Crippen molar-refractivity contribution in [1.82, 2.24) is 10.3 Å². The Labute approximate surface area is 111 Å². The van der Waals surface area contributed by atoms with E-state index < -0.39 is 18.9 Å². The summed E-state index contributed by atoms with van der Waals surface area (Å²) in [4.78, 5) is 2.95. The summed E-state index contributed by atoms with van der Waals surface area (Å²) in [5, 5.41) is 3.45.